The zero-order valence-electron chi connectivity index (χ0n) is 9.34. The highest BCUT2D eigenvalue weighted by Gasteiger charge is 2.39. The van der Waals surface area contributed by atoms with E-state index in [-0.39, 0.29) is 6.17 Å². The van der Waals surface area contributed by atoms with Crippen molar-refractivity contribution in [2.24, 2.45) is 5.92 Å². The monoisotopic (exact) mass is 229 g/mol. The van der Waals surface area contributed by atoms with Crippen LogP contribution in [0.25, 0.3) is 0 Å². The Kier molecular flexibility index (Phi) is 2.22. The Morgan fingerprint density at radius 1 is 1.59 bits per heavy atom. The number of nitriles is 1. The van der Waals surface area contributed by atoms with Crippen molar-refractivity contribution in [2.45, 2.75) is 12.6 Å². The molecule has 86 valence electrons. The summed E-state index contributed by atoms with van der Waals surface area (Å²) in [5, 5.41) is 12.3. The summed E-state index contributed by atoms with van der Waals surface area (Å²) in [6.07, 6.45) is 10.6. The van der Waals surface area contributed by atoms with Gasteiger partial charge in [-0.05, 0) is 17.8 Å². The molecular weight excluding hydrogens is 216 g/mol. The van der Waals surface area contributed by atoms with Crippen molar-refractivity contribution in [3.8, 4) is 6.19 Å². The molecule has 17 heavy (non-hydrogen) atoms. The molecule has 1 saturated heterocycles. The molecule has 0 aliphatic carbocycles. The molecule has 5 nitrogen and oxygen atoms in total. The summed E-state index contributed by atoms with van der Waals surface area (Å²) in [7, 11) is 0. The number of hydrogen-bond acceptors (Lipinski definition) is 4. The highest BCUT2D eigenvalue weighted by molar-refractivity contribution is 5.36. The van der Waals surface area contributed by atoms with Gasteiger partial charge >= 0.3 is 0 Å². The highest BCUT2D eigenvalue weighted by atomic mass is 16.3. The van der Waals surface area contributed by atoms with E-state index in [1.54, 1.807) is 4.90 Å². The van der Waals surface area contributed by atoms with Gasteiger partial charge in [-0.3, -0.25) is 4.90 Å². The molecule has 0 radical (unpaired) electrons. The Balaban J connectivity index is 2.03. The summed E-state index contributed by atoms with van der Waals surface area (Å²) in [6.45, 7) is 0.985. The number of rotatable bonds is 0. The molecule has 5 heteroatoms. The Morgan fingerprint density at radius 2 is 2.47 bits per heavy atom. The van der Waals surface area contributed by atoms with Crippen LogP contribution >= 0.6 is 0 Å². The maximum Gasteiger partial charge on any atom is 0.215 e. The van der Waals surface area contributed by atoms with E-state index in [2.05, 4.69) is 17.6 Å². The lowest BCUT2D eigenvalue weighted by Crippen LogP contribution is -2.48. The average Bonchev–Trinajstić information content (AvgIpc) is 2.37. The third-order valence-electron chi connectivity index (χ3n) is 3.53. The first kappa shape index (κ1) is 10.1. The first-order valence-corrected chi connectivity index (χ1v) is 5.73. The molecule has 1 N–H and O–H groups in total. The standard InChI is InChI=1S/C12H13N4O/c13-8-15-6-9-7-16(17)5-3-10(9)11-2-1-4-14-12(11)15/h1-2,4,6,10,12,14H,3,5,7H2/q+1. The lowest BCUT2D eigenvalue weighted by atomic mass is 9.81. The van der Waals surface area contributed by atoms with Gasteiger partial charge in [0, 0.05) is 33.8 Å². The molecule has 0 aromatic carbocycles. The lowest BCUT2D eigenvalue weighted by Gasteiger charge is -2.38. The number of fused-ring (bicyclic) bond motifs is 3. The van der Waals surface area contributed by atoms with Gasteiger partial charge in [-0.15, -0.1) is 0 Å². The van der Waals surface area contributed by atoms with Crippen LogP contribution in [0.3, 0.4) is 0 Å². The second kappa shape index (κ2) is 3.74. The molecule has 0 aromatic heterocycles. The molecule has 0 saturated carbocycles. The van der Waals surface area contributed by atoms with Gasteiger partial charge < -0.3 is 5.32 Å². The number of nitroso groups, excluding NO2 is 1. The maximum absolute atomic E-state index is 11.4. The molecular formula is C12H13N4O+. The van der Waals surface area contributed by atoms with Crippen LogP contribution in [0.4, 0.5) is 0 Å². The van der Waals surface area contributed by atoms with Crippen molar-refractivity contribution in [2.75, 3.05) is 13.1 Å². The fourth-order valence-electron chi connectivity index (χ4n) is 2.74. The predicted molar refractivity (Wildman–Crippen MR) is 61.2 cm³/mol. The van der Waals surface area contributed by atoms with Crippen molar-refractivity contribution in [3.63, 3.8) is 0 Å². The number of allylic oxidation sites excluding steroid dienone is 2. The SMILES string of the molecule is N#CN1C=C2C[N+](=O)CCC2C2=CC=CNC21. The fourth-order valence-corrected chi connectivity index (χ4v) is 2.74. The minimum Gasteiger partial charge on any atom is -0.367 e. The van der Waals surface area contributed by atoms with Crippen LogP contribution in [0.15, 0.2) is 35.7 Å². The highest BCUT2D eigenvalue weighted by Crippen LogP contribution is 2.36. The smallest absolute Gasteiger partial charge is 0.215 e. The number of hydrogen-bond donors (Lipinski definition) is 1. The van der Waals surface area contributed by atoms with Crippen molar-refractivity contribution < 1.29 is 4.76 Å². The van der Waals surface area contributed by atoms with Crippen molar-refractivity contribution in [1.82, 2.24) is 10.2 Å². The summed E-state index contributed by atoms with van der Waals surface area (Å²) < 4.78 is 1.06. The van der Waals surface area contributed by atoms with Crippen LogP contribution in [0, 0.1) is 22.3 Å². The summed E-state index contributed by atoms with van der Waals surface area (Å²) in [5.74, 6) is 0.312. The van der Waals surface area contributed by atoms with Crippen LogP contribution in [-0.4, -0.2) is 28.9 Å². The molecule has 3 rings (SSSR count). The van der Waals surface area contributed by atoms with E-state index in [9.17, 15) is 4.91 Å². The van der Waals surface area contributed by atoms with Gasteiger partial charge in [0.2, 0.25) is 6.54 Å². The minimum absolute atomic E-state index is 0.0723. The number of nitrogens with one attached hydrogen (secondary N) is 1. The third kappa shape index (κ3) is 1.53. The summed E-state index contributed by atoms with van der Waals surface area (Å²) >= 11 is 0. The van der Waals surface area contributed by atoms with Gasteiger partial charge in [-0.25, -0.2) is 0 Å². The molecule has 2 unspecified atom stereocenters. The van der Waals surface area contributed by atoms with Crippen LogP contribution < -0.4 is 5.32 Å². The van der Waals surface area contributed by atoms with Gasteiger partial charge in [-0.2, -0.15) is 5.26 Å². The second-order valence-corrected chi connectivity index (χ2v) is 4.51. The number of piperidine rings is 1. The van der Waals surface area contributed by atoms with E-state index in [0.29, 0.717) is 19.0 Å². The maximum atomic E-state index is 11.4. The zero-order chi connectivity index (χ0) is 11.8. The van der Waals surface area contributed by atoms with Crippen molar-refractivity contribution in [1.29, 1.82) is 5.26 Å². The molecule has 0 spiro atoms. The Morgan fingerprint density at radius 3 is 3.29 bits per heavy atom. The predicted octanol–water partition coefficient (Wildman–Crippen LogP) is 0.835. The molecule has 1 fully saturated rings. The molecule has 3 aliphatic heterocycles. The molecule has 0 bridgehead atoms. The summed E-state index contributed by atoms with van der Waals surface area (Å²) in [4.78, 5) is 13.0. The molecule has 2 atom stereocenters. The van der Waals surface area contributed by atoms with Crippen LogP contribution in [0.5, 0.6) is 0 Å². The van der Waals surface area contributed by atoms with E-state index in [1.807, 2.05) is 18.5 Å². The normalized spacial score (nSPS) is 30.5. The van der Waals surface area contributed by atoms with E-state index in [0.717, 1.165) is 16.8 Å². The van der Waals surface area contributed by atoms with Crippen molar-refractivity contribution in [3.05, 3.63) is 40.6 Å². The van der Waals surface area contributed by atoms with E-state index in [4.69, 9.17) is 5.26 Å². The third-order valence-corrected chi connectivity index (χ3v) is 3.53. The Labute approximate surface area is 99.3 Å². The van der Waals surface area contributed by atoms with Crippen LogP contribution in [0.1, 0.15) is 6.42 Å². The molecule has 3 heterocycles. The van der Waals surface area contributed by atoms with Gasteiger partial charge in [0.25, 0.3) is 0 Å². The first-order valence-electron chi connectivity index (χ1n) is 5.73. The van der Waals surface area contributed by atoms with Crippen LogP contribution in [-0.2, 0) is 0 Å². The zero-order valence-corrected chi connectivity index (χ0v) is 9.34. The van der Waals surface area contributed by atoms with Gasteiger partial charge in [0.05, 0.1) is 0 Å². The largest absolute Gasteiger partial charge is 0.367 e. The summed E-state index contributed by atoms with van der Waals surface area (Å²) in [6, 6.07) is 0. The quantitative estimate of drug-likeness (QED) is 0.494. The van der Waals surface area contributed by atoms with Crippen molar-refractivity contribution >= 4 is 0 Å². The number of nitrogens with zero attached hydrogens (tertiary/aromatic N) is 3. The summed E-state index contributed by atoms with van der Waals surface area (Å²) in [5.41, 5.74) is 2.24. The lowest BCUT2D eigenvalue weighted by molar-refractivity contribution is -0.549. The number of dihydropyridines is 1. The second-order valence-electron chi connectivity index (χ2n) is 4.51. The van der Waals surface area contributed by atoms with Gasteiger partial charge in [-0.1, -0.05) is 6.08 Å². The fraction of sp³-hybridized carbons (Fsp3) is 0.417. The van der Waals surface area contributed by atoms with Gasteiger partial charge in [0.15, 0.2) is 12.7 Å². The van der Waals surface area contributed by atoms with Crippen LogP contribution in [0.2, 0.25) is 0 Å². The molecule has 0 aromatic rings. The molecule has 3 aliphatic rings. The van der Waals surface area contributed by atoms with Gasteiger partial charge in [0.1, 0.15) is 6.17 Å². The topological polar surface area (TPSA) is 59.1 Å². The average molecular weight is 229 g/mol. The molecule has 0 amide bonds. The first-order chi connectivity index (χ1) is 8.29. The van der Waals surface area contributed by atoms with E-state index >= 15 is 0 Å². The van der Waals surface area contributed by atoms with E-state index in [1.165, 1.54) is 5.57 Å². The Bertz CT molecular complexity index is 497. The van der Waals surface area contributed by atoms with E-state index < -0.39 is 0 Å². The Hall–Kier alpha value is -2.09. The minimum atomic E-state index is -0.0723.